The van der Waals surface area contributed by atoms with Gasteiger partial charge >= 0.3 is 0 Å². The zero-order chi connectivity index (χ0) is 10.9. The van der Waals surface area contributed by atoms with Gasteiger partial charge in [-0.15, -0.1) is 10.8 Å². The zero-order valence-electron chi connectivity index (χ0n) is 8.51. The maximum Gasteiger partial charge on any atom is 0.118 e. The highest BCUT2D eigenvalue weighted by molar-refractivity contribution is 8.22. The quantitative estimate of drug-likeness (QED) is 0.728. The van der Waals surface area contributed by atoms with E-state index in [4.69, 9.17) is 4.74 Å². The fourth-order valence-electron chi connectivity index (χ4n) is 1.70. The van der Waals surface area contributed by atoms with Gasteiger partial charge in [-0.2, -0.15) is 0 Å². The van der Waals surface area contributed by atoms with Crippen LogP contribution in [0.2, 0.25) is 0 Å². The molecule has 1 fully saturated rings. The second kappa shape index (κ2) is 4.02. The average molecular weight is 229 g/mol. The molecule has 1 aromatic carbocycles. The van der Waals surface area contributed by atoms with Crippen LogP contribution in [0.3, 0.4) is 0 Å². The van der Waals surface area contributed by atoms with Gasteiger partial charge in [0.1, 0.15) is 5.75 Å². The van der Waals surface area contributed by atoms with E-state index in [2.05, 4.69) is 4.72 Å². The second-order valence-electron chi connectivity index (χ2n) is 3.60. The smallest absolute Gasteiger partial charge is 0.118 e. The lowest BCUT2D eigenvalue weighted by Gasteiger charge is -2.27. The van der Waals surface area contributed by atoms with Gasteiger partial charge in [-0.3, -0.25) is 9.11 Å². The Labute approximate surface area is 90.7 Å². The maximum atomic E-state index is 9.43. The summed E-state index contributed by atoms with van der Waals surface area (Å²) in [7, 11) is -0.916. The summed E-state index contributed by atoms with van der Waals surface area (Å²) in [6.45, 7) is 0. The Balaban J connectivity index is 2.11. The summed E-state index contributed by atoms with van der Waals surface area (Å²) in [5, 5.41) is 0. The molecule has 1 saturated heterocycles. The Morgan fingerprint density at radius 1 is 1.33 bits per heavy atom. The van der Waals surface area contributed by atoms with E-state index in [9.17, 15) is 9.11 Å². The summed E-state index contributed by atoms with van der Waals surface area (Å²) in [4.78, 5) is 0. The van der Waals surface area contributed by atoms with Gasteiger partial charge in [-0.1, -0.05) is 12.1 Å². The summed E-state index contributed by atoms with van der Waals surface area (Å²) >= 11 is 0. The third kappa shape index (κ3) is 2.43. The Morgan fingerprint density at radius 2 is 2.00 bits per heavy atom. The molecule has 0 aromatic heterocycles. The molecule has 0 aliphatic carbocycles. The van der Waals surface area contributed by atoms with Crippen molar-refractivity contribution >= 4 is 10.8 Å². The van der Waals surface area contributed by atoms with Crippen molar-refractivity contribution in [2.75, 3.05) is 12.9 Å². The van der Waals surface area contributed by atoms with Gasteiger partial charge in [0.2, 0.25) is 0 Å². The van der Waals surface area contributed by atoms with E-state index in [1.807, 2.05) is 24.3 Å². The van der Waals surface area contributed by atoms with Crippen LogP contribution in [0.1, 0.15) is 18.0 Å². The lowest BCUT2D eigenvalue weighted by atomic mass is 10.1. The molecule has 4 nitrogen and oxygen atoms in total. The minimum absolute atomic E-state index is 0.0425. The van der Waals surface area contributed by atoms with Crippen molar-refractivity contribution in [1.29, 1.82) is 0 Å². The van der Waals surface area contributed by atoms with E-state index in [0.29, 0.717) is 5.75 Å². The highest BCUT2D eigenvalue weighted by Gasteiger charge is 2.28. The topological polar surface area (TPSA) is 61.7 Å². The molecule has 2 rings (SSSR count). The first-order valence-electron chi connectivity index (χ1n) is 4.78. The van der Waals surface area contributed by atoms with E-state index in [1.165, 1.54) is 0 Å². The molecule has 15 heavy (non-hydrogen) atoms. The molecular formula is C10H15NO3S. The van der Waals surface area contributed by atoms with Gasteiger partial charge in [-0.25, -0.2) is 4.72 Å². The zero-order valence-corrected chi connectivity index (χ0v) is 9.33. The lowest BCUT2D eigenvalue weighted by molar-refractivity contribution is 0.414. The van der Waals surface area contributed by atoms with Gasteiger partial charge in [0, 0.05) is 0 Å². The molecule has 5 heteroatoms. The SMILES string of the molecule is COc1ccc(C2CCS(O)(O)N2)cc1. The molecule has 1 aliphatic rings. The van der Waals surface area contributed by atoms with Crippen LogP contribution in [0, 0.1) is 0 Å². The molecule has 0 spiro atoms. The first kappa shape index (κ1) is 10.8. The van der Waals surface area contributed by atoms with E-state index in [0.717, 1.165) is 17.7 Å². The summed E-state index contributed by atoms with van der Waals surface area (Å²) < 4.78 is 26.8. The van der Waals surface area contributed by atoms with Gasteiger partial charge in [0.15, 0.2) is 0 Å². The van der Waals surface area contributed by atoms with Crippen LogP contribution in [0.25, 0.3) is 0 Å². The number of hydrogen-bond acceptors (Lipinski definition) is 4. The van der Waals surface area contributed by atoms with Crippen molar-refractivity contribution in [3.8, 4) is 5.75 Å². The third-order valence-corrected chi connectivity index (χ3v) is 4.01. The Bertz CT molecular complexity index is 339. The minimum atomic E-state index is -2.54. The van der Waals surface area contributed by atoms with Crippen LogP contribution < -0.4 is 9.46 Å². The van der Waals surface area contributed by atoms with E-state index < -0.39 is 10.8 Å². The number of hydrogen-bond donors (Lipinski definition) is 3. The van der Waals surface area contributed by atoms with Crippen molar-refractivity contribution in [3.05, 3.63) is 29.8 Å². The van der Waals surface area contributed by atoms with Crippen molar-refractivity contribution in [2.24, 2.45) is 0 Å². The number of methoxy groups -OCH3 is 1. The van der Waals surface area contributed by atoms with Crippen molar-refractivity contribution < 1.29 is 13.8 Å². The Hall–Kier alpha value is -0.750. The summed E-state index contributed by atoms with van der Waals surface area (Å²) in [6.07, 6.45) is 0.759. The molecule has 0 bridgehead atoms. The maximum absolute atomic E-state index is 9.43. The largest absolute Gasteiger partial charge is 0.497 e. The van der Waals surface area contributed by atoms with Gasteiger partial charge in [0.05, 0.1) is 18.9 Å². The Morgan fingerprint density at radius 3 is 2.47 bits per heavy atom. The number of ether oxygens (including phenoxy) is 1. The van der Waals surface area contributed by atoms with Gasteiger partial charge < -0.3 is 4.74 Å². The molecule has 3 N–H and O–H groups in total. The van der Waals surface area contributed by atoms with Crippen molar-refractivity contribution in [2.45, 2.75) is 12.5 Å². The first-order chi connectivity index (χ1) is 7.11. The van der Waals surface area contributed by atoms with E-state index >= 15 is 0 Å². The molecule has 0 saturated carbocycles. The fraction of sp³-hybridized carbons (Fsp3) is 0.400. The molecule has 1 atom stereocenters. The number of nitrogens with one attached hydrogen (secondary N) is 1. The molecule has 84 valence electrons. The highest BCUT2D eigenvalue weighted by Crippen LogP contribution is 2.46. The Kier molecular flexibility index (Phi) is 2.88. The van der Waals surface area contributed by atoms with E-state index in [-0.39, 0.29) is 6.04 Å². The molecule has 0 radical (unpaired) electrons. The fourth-order valence-corrected chi connectivity index (χ4v) is 3.09. The van der Waals surface area contributed by atoms with Gasteiger partial charge in [0.25, 0.3) is 0 Å². The number of rotatable bonds is 2. The second-order valence-corrected chi connectivity index (χ2v) is 5.58. The third-order valence-electron chi connectivity index (χ3n) is 2.54. The standard InChI is InChI=1S/C10H15NO3S/c1-14-9-4-2-8(3-5-9)10-6-7-15(12,13)11-10/h2-5,10-13H,6-7H2,1H3. The summed E-state index contributed by atoms with van der Waals surface area (Å²) in [6, 6.07) is 7.68. The first-order valence-corrected chi connectivity index (χ1v) is 6.49. The molecule has 0 amide bonds. The van der Waals surface area contributed by atoms with Crippen LogP contribution in [-0.4, -0.2) is 22.0 Å². The molecular weight excluding hydrogens is 214 g/mol. The van der Waals surface area contributed by atoms with Crippen molar-refractivity contribution in [1.82, 2.24) is 4.72 Å². The predicted molar refractivity (Wildman–Crippen MR) is 61.2 cm³/mol. The van der Waals surface area contributed by atoms with Crippen LogP contribution >= 0.6 is 10.8 Å². The highest BCUT2D eigenvalue weighted by atomic mass is 32.3. The van der Waals surface area contributed by atoms with Gasteiger partial charge in [-0.05, 0) is 24.1 Å². The summed E-state index contributed by atoms with van der Waals surface area (Å²) in [5.74, 6) is 1.24. The monoisotopic (exact) mass is 229 g/mol. The van der Waals surface area contributed by atoms with Crippen LogP contribution in [0.5, 0.6) is 5.75 Å². The number of benzene rings is 1. The minimum Gasteiger partial charge on any atom is -0.497 e. The molecule has 1 unspecified atom stereocenters. The van der Waals surface area contributed by atoms with Crippen LogP contribution in [-0.2, 0) is 0 Å². The normalized spacial score (nSPS) is 26.2. The van der Waals surface area contributed by atoms with Crippen molar-refractivity contribution in [3.63, 3.8) is 0 Å². The van der Waals surface area contributed by atoms with E-state index in [1.54, 1.807) is 7.11 Å². The van der Waals surface area contributed by atoms with Crippen LogP contribution in [0.4, 0.5) is 0 Å². The average Bonchev–Trinajstić information content (AvgIpc) is 2.59. The predicted octanol–water partition coefficient (Wildman–Crippen LogP) is 2.40. The van der Waals surface area contributed by atoms with Crippen LogP contribution in [0.15, 0.2) is 24.3 Å². The summed E-state index contributed by atoms with van der Waals surface area (Å²) in [5.41, 5.74) is 1.06. The lowest BCUT2D eigenvalue weighted by Crippen LogP contribution is -2.16. The molecule has 1 aromatic rings. The molecule has 1 aliphatic heterocycles. The molecule has 1 heterocycles.